The van der Waals surface area contributed by atoms with Crippen LogP contribution in [0.2, 0.25) is 0 Å². The highest BCUT2D eigenvalue weighted by Gasteiger charge is 2.64. The van der Waals surface area contributed by atoms with Gasteiger partial charge in [-0.2, -0.15) is 0 Å². The van der Waals surface area contributed by atoms with Gasteiger partial charge in [-0.1, -0.05) is 30.2 Å². The van der Waals surface area contributed by atoms with Crippen LogP contribution < -0.4 is 0 Å². The largest absolute Gasteiger partial charge is 0.458 e. The van der Waals surface area contributed by atoms with Crippen LogP contribution in [0.25, 0.3) is 0 Å². The van der Waals surface area contributed by atoms with Gasteiger partial charge in [0, 0.05) is 17.3 Å². The number of ether oxygens (including phenoxy) is 1. The van der Waals surface area contributed by atoms with Gasteiger partial charge in [-0.05, 0) is 69.9 Å². The van der Waals surface area contributed by atoms with Gasteiger partial charge in [0.2, 0.25) is 5.78 Å². The zero-order chi connectivity index (χ0) is 23.3. The van der Waals surface area contributed by atoms with Crippen molar-refractivity contribution in [2.24, 2.45) is 22.7 Å². The van der Waals surface area contributed by atoms with Crippen LogP contribution in [0.15, 0.2) is 35.5 Å². The molecule has 6 heteroatoms. The SMILES string of the molecule is CC(=O)CCC(=O)OCC(=O)[C@@]1(O)CCC2C3CCC4=CC(=O)C=C[C@]4(C)C3=CC[C@@]21C. The van der Waals surface area contributed by atoms with Crippen LogP contribution in [0.5, 0.6) is 0 Å². The molecule has 0 aromatic rings. The molecular formula is C26H32O6. The van der Waals surface area contributed by atoms with Crippen molar-refractivity contribution < 1.29 is 29.0 Å². The summed E-state index contributed by atoms with van der Waals surface area (Å²) in [7, 11) is 0. The Balaban J connectivity index is 1.53. The molecule has 0 bridgehead atoms. The van der Waals surface area contributed by atoms with Gasteiger partial charge in [0.15, 0.2) is 12.4 Å². The molecule has 172 valence electrons. The molecule has 0 amide bonds. The lowest BCUT2D eigenvalue weighted by atomic mass is 9.51. The molecule has 32 heavy (non-hydrogen) atoms. The highest BCUT2D eigenvalue weighted by molar-refractivity contribution is 6.01. The molecule has 4 rings (SSSR count). The quantitative estimate of drug-likeness (QED) is 0.502. The summed E-state index contributed by atoms with van der Waals surface area (Å²) in [6.07, 6.45) is 11.0. The number of hydrogen-bond acceptors (Lipinski definition) is 6. The lowest BCUT2D eigenvalue weighted by Crippen LogP contribution is -2.55. The van der Waals surface area contributed by atoms with Crippen molar-refractivity contribution in [1.29, 1.82) is 0 Å². The van der Waals surface area contributed by atoms with Crippen LogP contribution in [0.1, 0.15) is 65.7 Å². The van der Waals surface area contributed by atoms with Gasteiger partial charge >= 0.3 is 5.97 Å². The second kappa shape index (κ2) is 7.91. The molecule has 6 nitrogen and oxygen atoms in total. The molecule has 0 spiro atoms. The first-order chi connectivity index (χ1) is 15.0. The van der Waals surface area contributed by atoms with E-state index in [-0.39, 0.29) is 41.7 Å². The van der Waals surface area contributed by atoms with Crippen molar-refractivity contribution in [2.45, 2.75) is 71.3 Å². The molecule has 0 saturated heterocycles. The molecule has 2 unspecified atom stereocenters. The molecule has 2 saturated carbocycles. The van der Waals surface area contributed by atoms with E-state index in [9.17, 15) is 24.3 Å². The van der Waals surface area contributed by atoms with Crippen molar-refractivity contribution in [3.05, 3.63) is 35.5 Å². The van der Waals surface area contributed by atoms with Crippen molar-refractivity contribution in [2.75, 3.05) is 6.61 Å². The number of carbonyl (C=O) groups excluding carboxylic acids is 4. The van der Waals surface area contributed by atoms with Crippen LogP contribution in [0.4, 0.5) is 0 Å². The zero-order valence-electron chi connectivity index (χ0n) is 19.1. The summed E-state index contributed by atoms with van der Waals surface area (Å²) in [6.45, 7) is 5.08. The van der Waals surface area contributed by atoms with Gasteiger partial charge in [0.1, 0.15) is 11.4 Å². The first-order valence-corrected chi connectivity index (χ1v) is 11.6. The van der Waals surface area contributed by atoms with E-state index in [1.165, 1.54) is 12.5 Å². The summed E-state index contributed by atoms with van der Waals surface area (Å²) in [5.41, 5.74) is 0.00689. The highest BCUT2D eigenvalue weighted by atomic mass is 16.5. The van der Waals surface area contributed by atoms with Crippen LogP contribution in [-0.2, 0) is 23.9 Å². The minimum Gasteiger partial charge on any atom is -0.458 e. The highest BCUT2D eigenvalue weighted by Crippen LogP contribution is 2.65. The third-order valence-electron chi connectivity index (χ3n) is 8.61. The normalized spacial score (nSPS) is 37.6. The van der Waals surface area contributed by atoms with E-state index in [0.717, 1.165) is 24.8 Å². The van der Waals surface area contributed by atoms with E-state index < -0.39 is 29.4 Å². The average molecular weight is 441 g/mol. The summed E-state index contributed by atoms with van der Waals surface area (Å²) in [4.78, 5) is 47.9. The molecular weight excluding hydrogens is 408 g/mol. The topological polar surface area (TPSA) is 97.7 Å². The van der Waals surface area contributed by atoms with Gasteiger partial charge in [-0.3, -0.25) is 14.4 Å². The van der Waals surface area contributed by atoms with E-state index >= 15 is 0 Å². The number of Topliss-reactive ketones (excluding diaryl/α,β-unsaturated/α-hetero) is 2. The fraction of sp³-hybridized carbons (Fsp3) is 0.615. The Kier molecular flexibility index (Phi) is 5.64. The number of ketones is 3. The lowest BCUT2D eigenvalue weighted by Gasteiger charge is -2.53. The van der Waals surface area contributed by atoms with Crippen LogP contribution >= 0.6 is 0 Å². The van der Waals surface area contributed by atoms with Gasteiger partial charge in [0.25, 0.3) is 0 Å². The lowest BCUT2D eigenvalue weighted by molar-refractivity contribution is -0.163. The summed E-state index contributed by atoms with van der Waals surface area (Å²) < 4.78 is 5.10. The molecule has 4 aliphatic rings. The van der Waals surface area contributed by atoms with E-state index in [2.05, 4.69) is 13.0 Å². The summed E-state index contributed by atoms with van der Waals surface area (Å²) >= 11 is 0. The number of fused-ring (bicyclic) bond motifs is 5. The maximum atomic E-state index is 13.1. The second-order valence-electron chi connectivity index (χ2n) is 10.3. The van der Waals surface area contributed by atoms with Crippen molar-refractivity contribution in [3.63, 3.8) is 0 Å². The van der Waals surface area contributed by atoms with Gasteiger partial charge < -0.3 is 14.6 Å². The Hall–Kier alpha value is -2.34. The Labute approximate surface area is 188 Å². The standard InChI is InChI=1S/C26H32O6/c1-16(27)4-7-23(30)32-15-22(29)26(31)13-10-21-19-6-5-17-14-18(28)8-11-24(17,2)20(19)9-12-25(21,26)3/h8-9,11,14,19,21,31H,4-7,10,12-13,15H2,1-3H3/t19?,21?,24-,25-,26-/m0/s1. The van der Waals surface area contributed by atoms with E-state index in [1.807, 2.05) is 13.0 Å². The molecule has 5 atom stereocenters. The predicted molar refractivity (Wildman–Crippen MR) is 117 cm³/mol. The molecule has 1 N–H and O–H groups in total. The first kappa shape index (κ1) is 22.8. The molecule has 0 heterocycles. The van der Waals surface area contributed by atoms with E-state index in [4.69, 9.17) is 4.74 Å². The van der Waals surface area contributed by atoms with Gasteiger partial charge in [0.05, 0.1) is 6.42 Å². The zero-order valence-corrected chi connectivity index (χ0v) is 19.1. The summed E-state index contributed by atoms with van der Waals surface area (Å²) in [6, 6.07) is 0. The molecule has 2 fully saturated rings. The van der Waals surface area contributed by atoms with Gasteiger partial charge in [-0.15, -0.1) is 0 Å². The van der Waals surface area contributed by atoms with Crippen LogP contribution in [-0.4, -0.2) is 40.6 Å². The third kappa shape index (κ3) is 3.43. The van der Waals surface area contributed by atoms with Crippen molar-refractivity contribution in [3.8, 4) is 0 Å². The van der Waals surface area contributed by atoms with Crippen molar-refractivity contribution in [1.82, 2.24) is 0 Å². The minimum atomic E-state index is -1.55. The second-order valence-corrected chi connectivity index (χ2v) is 10.3. The smallest absolute Gasteiger partial charge is 0.306 e. The Morgan fingerprint density at radius 3 is 2.66 bits per heavy atom. The van der Waals surface area contributed by atoms with Crippen LogP contribution in [0.3, 0.4) is 0 Å². The maximum Gasteiger partial charge on any atom is 0.306 e. The number of rotatable bonds is 6. The van der Waals surface area contributed by atoms with Gasteiger partial charge in [-0.25, -0.2) is 0 Å². The third-order valence-corrected chi connectivity index (χ3v) is 8.61. The maximum absolute atomic E-state index is 13.1. The number of allylic oxidation sites excluding steroid dienone is 6. The average Bonchev–Trinajstić information content (AvgIpc) is 3.03. The summed E-state index contributed by atoms with van der Waals surface area (Å²) in [5.74, 6) is -0.736. The number of esters is 1. The summed E-state index contributed by atoms with van der Waals surface area (Å²) in [5, 5.41) is 11.6. The molecule has 0 radical (unpaired) electrons. The molecule has 0 aliphatic heterocycles. The van der Waals surface area contributed by atoms with E-state index in [0.29, 0.717) is 12.8 Å². The van der Waals surface area contributed by atoms with Crippen LogP contribution in [0, 0.1) is 22.7 Å². The fourth-order valence-corrected chi connectivity index (χ4v) is 6.61. The van der Waals surface area contributed by atoms with Crippen molar-refractivity contribution >= 4 is 23.3 Å². The Morgan fingerprint density at radius 1 is 1.19 bits per heavy atom. The predicted octanol–water partition coefficient (Wildman–Crippen LogP) is 3.43. The Bertz CT molecular complexity index is 971. The first-order valence-electron chi connectivity index (χ1n) is 11.6. The number of carbonyl (C=O) groups is 4. The molecule has 4 aliphatic carbocycles. The fourth-order valence-electron chi connectivity index (χ4n) is 6.61. The minimum absolute atomic E-state index is 0.0378. The molecule has 0 aromatic heterocycles. The monoisotopic (exact) mass is 440 g/mol. The number of aliphatic hydroxyl groups is 1. The number of hydrogen-bond donors (Lipinski definition) is 1. The Morgan fingerprint density at radius 2 is 1.94 bits per heavy atom. The molecule has 0 aromatic carbocycles. The van der Waals surface area contributed by atoms with E-state index in [1.54, 1.807) is 12.2 Å².